The topological polar surface area (TPSA) is 12.0 Å². The predicted molar refractivity (Wildman–Crippen MR) is 88.1 cm³/mol. The van der Waals surface area contributed by atoms with Gasteiger partial charge in [-0.3, -0.25) is 0 Å². The number of anilines is 2. The van der Waals surface area contributed by atoms with Crippen LogP contribution in [0, 0.1) is 0 Å². The van der Waals surface area contributed by atoms with E-state index in [2.05, 4.69) is 59.9 Å². The summed E-state index contributed by atoms with van der Waals surface area (Å²) in [6, 6.07) is 25.8. The van der Waals surface area contributed by atoms with Gasteiger partial charge < -0.3 is 0 Å². The van der Waals surface area contributed by atoms with Gasteiger partial charge in [-0.15, -0.1) is 0 Å². The number of fused-ring (bicyclic) bond motifs is 3. The van der Waals surface area contributed by atoms with Gasteiger partial charge in [0.2, 0.25) is 0 Å². The third kappa shape index (κ3) is 2.03. The normalized spacial score (nSPS) is 11.0. The number of nitrogens with one attached hydrogen (secondary N) is 1. The zero-order chi connectivity index (χ0) is 13.4. The fourth-order valence-corrected chi connectivity index (χ4v) is 4.77. The van der Waals surface area contributed by atoms with Crippen LogP contribution >= 0.6 is 0 Å². The van der Waals surface area contributed by atoms with E-state index in [0.29, 0.717) is 14.5 Å². The Bertz CT molecular complexity index is 878. The molecule has 4 aromatic rings. The molecule has 96 valence electrons. The average molecular weight is 322 g/mol. The minimum absolute atomic E-state index is 0.456. The van der Waals surface area contributed by atoms with E-state index in [4.69, 9.17) is 0 Å². The van der Waals surface area contributed by atoms with Crippen molar-refractivity contribution >= 4 is 45.2 Å². The predicted octanol–water partition coefficient (Wildman–Crippen LogP) is 4.79. The second-order valence-corrected chi connectivity index (χ2v) is 7.07. The Hall–Kier alpha value is -2.02. The van der Waals surface area contributed by atoms with Gasteiger partial charge in [-0.1, -0.05) is 0 Å². The fraction of sp³-hybridized carbons (Fsp3) is 0. The summed E-state index contributed by atoms with van der Waals surface area (Å²) in [5, 5.41) is 6.26. The molecule has 0 bridgehead atoms. The van der Waals surface area contributed by atoms with Crippen molar-refractivity contribution in [3.63, 3.8) is 0 Å². The van der Waals surface area contributed by atoms with Crippen molar-refractivity contribution in [2.24, 2.45) is 0 Å². The quantitative estimate of drug-likeness (QED) is 0.523. The van der Waals surface area contributed by atoms with E-state index >= 15 is 0 Å². The van der Waals surface area contributed by atoms with Crippen LogP contribution in [0.1, 0.15) is 0 Å². The molecule has 20 heavy (non-hydrogen) atoms. The molecule has 0 fully saturated rings. The molecule has 1 heterocycles. The Kier molecular flexibility index (Phi) is 2.84. The first-order chi connectivity index (χ1) is 9.90. The molecule has 3 aromatic carbocycles. The SMILES string of the molecule is c1ccc(Nc2ccc3[se]c4ccccc4c3c2)cc1. The first-order valence-electron chi connectivity index (χ1n) is 6.63. The van der Waals surface area contributed by atoms with Crippen LogP contribution in [0.4, 0.5) is 11.4 Å². The third-order valence-corrected chi connectivity index (χ3v) is 5.86. The van der Waals surface area contributed by atoms with Crippen molar-refractivity contribution in [1.82, 2.24) is 0 Å². The van der Waals surface area contributed by atoms with Crippen molar-refractivity contribution in [3.05, 3.63) is 72.8 Å². The van der Waals surface area contributed by atoms with Crippen LogP contribution in [0.2, 0.25) is 0 Å². The van der Waals surface area contributed by atoms with Crippen molar-refractivity contribution in [3.8, 4) is 0 Å². The van der Waals surface area contributed by atoms with Gasteiger partial charge in [0.25, 0.3) is 0 Å². The van der Waals surface area contributed by atoms with Gasteiger partial charge in [-0.05, 0) is 0 Å². The van der Waals surface area contributed by atoms with Crippen LogP contribution in [0.25, 0.3) is 19.3 Å². The van der Waals surface area contributed by atoms with Gasteiger partial charge in [-0.25, -0.2) is 0 Å². The van der Waals surface area contributed by atoms with E-state index in [9.17, 15) is 0 Å². The van der Waals surface area contributed by atoms with Gasteiger partial charge in [0.05, 0.1) is 0 Å². The van der Waals surface area contributed by atoms with Crippen LogP contribution in [0.5, 0.6) is 0 Å². The minimum atomic E-state index is 0.456. The Balaban J connectivity index is 1.83. The van der Waals surface area contributed by atoms with E-state index in [1.54, 1.807) is 0 Å². The molecule has 0 unspecified atom stereocenters. The summed E-state index contributed by atoms with van der Waals surface area (Å²) < 4.78 is 2.98. The zero-order valence-corrected chi connectivity index (χ0v) is 12.5. The number of hydrogen-bond donors (Lipinski definition) is 1. The Morgan fingerprint density at radius 1 is 0.600 bits per heavy atom. The van der Waals surface area contributed by atoms with Gasteiger partial charge in [-0.2, -0.15) is 0 Å². The van der Waals surface area contributed by atoms with Crippen molar-refractivity contribution in [2.75, 3.05) is 5.32 Å². The third-order valence-electron chi connectivity index (χ3n) is 3.44. The molecule has 1 nitrogen and oxygen atoms in total. The maximum absolute atomic E-state index is 3.47. The summed E-state index contributed by atoms with van der Waals surface area (Å²) in [5.41, 5.74) is 2.28. The second-order valence-electron chi connectivity index (χ2n) is 4.80. The summed E-state index contributed by atoms with van der Waals surface area (Å²) in [6.07, 6.45) is 0. The molecule has 0 spiro atoms. The second kappa shape index (κ2) is 4.82. The molecule has 0 aliphatic rings. The van der Waals surface area contributed by atoms with E-state index in [0.717, 1.165) is 11.4 Å². The summed E-state index contributed by atoms with van der Waals surface area (Å²) in [5.74, 6) is 0. The fourth-order valence-electron chi connectivity index (χ4n) is 2.49. The van der Waals surface area contributed by atoms with E-state index < -0.39 is 0 Å². The first-order valence-corrected chi connectivity index (χ1v) is 8.35. The van der Waals surface area contributed by atoms with E-state index in [-0.39, 0.29) is 0 Å². The van der Waals surface area contributed by atoms with Crippen molar-refractivity contribution in [2.45, 2.75) is 0 Å². The first kappa shape index (κ1) is 11.8. The molecular weight excluding hydrogens is 309 g/mol. The van der Waals surface area contributed by atoms with Gasteiger partial charge in [0, 0.05) is 0 Å². The van der Waals surface area contributed by atoms with E-state index in [1.165, 1.54) is 19.3 Å². The maximum atomic E-state index is 3.47. The number of rotatable bonds is 2. The molecule has 0 saturated heterocycles. The van der Waals surface area contributed by atoms with Gasteiger partial charge >= 0.3 is 123 Å². The van der Waals surface area contributed by atoms with Crippen LogP contribution in [-0.4, -0.2) is 14.5 Å². The Morgan fingerprint density at radius 3 is 2.25 bits per heavy atom. The van der Waals surface area contributed by atoms with Crippen LogP contribution in [0.15, 0.2) is 72.8 Å². The average Bonchev–Trinajstić information content (AvgIpc) is 2.86. The molecule has 1 aromatic heterocycles. The molecule has 1 N–H and O–H groups in total. The van der Waals surface area contributed by atoms with Crippen LogP contribution < -0.4 is 5.32 Å². The molecule has 2 heteroatoms. The summed E-state index contributed by atoms with van der Waals surface area (Å²) in [6.45, 7) is 0. The van der Waals surface area contributed by atoms with Gasteiger partial charge in [0.15, 0.2) is 0 Å². The Morgan fingerprint density at radius 2 is 1.35 bits per heavy atom. The zero-order valence-electron chi connectivity index (χ0n) is 10.8. The standard InChI is InChI=1S/C18H13NSe/c1-2-6-13(7-3-1)19-14-10-11-18-16(12-14)15-8-4-5-9-17(15)20-18/h1-12,19H. The summed E-state index contributed by atoms with van der Waals surface area (Å²) >= 11 is 0.456. The van der Waals surface area contributed by atoms with E-state index in [1.807, 2.05) is 18.2 Å². The molecule has 0 aliphatic heterocycles. The molecule has 0 radical (unpaired) electrons. The van der Waals surface area contributed by atoms with Crippen molar-refractivity contribution in [1.29, 1.82) is 0 Å². The molecule has 4 rings (SSSR count). The molecule has 0 saturated carbocycles. The van der Waals surface area contributed by atoms with Crippen molar-refractivity contribution < 1.29 is 0 Å². The summed E-state index contributed by atoms with van der Waals surface area (Å²) in [7, 11) is 0. The Labute approximate surface area is 123 Å². The number of para-hydroxylation sites is 1. The van der Waals surface area contributed by atoms with Gasteiger partial charge in [0.1, 0.15) is 0 Å². The van der Waals surface area contributed by atoms with Crippen LogP contribution in [-0.2, 0) is 0 Å². The summed E-state index contributed by atoms with van der Waals surface area (Å²) in [4.78, 5) is 0. The molecule has 0 amide bonds. The van der Waals surface area contributed by atoms with Crippen LogP contribution in [0.3, 0.4) is 0 Å². The monoisotopic (exact) mass is 323 g/mol. The molecule has 0 aliphatic carbocycles. The molecular formula is C18H13NSe. The number of benzene rings is 3. The number of hydrogen-bond acceptors (Lipinski definition) is 1. The molecule has 0 atom stereocenters.